The molecule has 0 spiro atoms. The van der Waals surface area contributed by atoms with Crippen molar-refractivity contribution in [1.29, 1.82) is 0 Å². The first-order valence-electron chi connectivity index (χ1n) is 7.24. The minimum atomic E-state index is -0.808. The zero-order valence-electron chi connectivity index (χ0n) is 12.4. The topological polar surface area (TPSA) is 62.5 Å². The van der Waals surface area contributed by atoms with Gasteiger partial charge in [-0.05, 0) is 25.3 Å². The number of carbonyl (C=O) groups is 2. The van der Waals surface area contributed by atoms with E-state index in [4.69, 9.17) is 11.6 Å². The molecule has 5 nitrogen and oxygen atoms in total. The second-order valence-corrected chi connectivity index (χ2v) is 6.26. The standard InChI is InChI=1S/C15H21ClN2O3/c1-3-5-15(14(20)21)6-4-7-18(10-15)13(19)12-8-11(16)9-17(12)2/h8-9H,3-7,10H2,1-2H3,(H,20,21). The highest BCUT2D eigenvalue weighted by molar-refractivity contribution is 6.31. The Balaban J connectivity index is 2.22. The van der Waals surface area contributed by atoms with Crippen LogP contribution < -0.4 is 0 Å². The van der Waals surface area contributed by atoms with Crippen molar-refractivity contribution in [3.8, 4) is 0 Å². The van der Waals surface area contributed by atoms with E-state index >= 15 is 0 Å². The Labute approximate surface area is 129 Å². The summed E-state index contributed by atoms with van der Waals surface area (Å²) in [6.45, 7) is 2.85. The van der Waals surface area contributed by atoms with Crippen LogP contribution in [-0.4, -0.2) is 39.5 Å². The summed E-state index contributed by atoms with van der Waals surface area (Å²) in [7, 11) is 1.76. The van der Waals surface area contributed by atoms with E-state index in [2.05, 4.69) is 0 Å². The number of aryl methyl sites for hydroxylation is 1. The van der Waals surface area contributed by atoms with Crippen LogP contribution in [0.3, 0.4) is 0 Å². The molecule has 6 heteroatoms. The molecule has 1 unspecified atom stereocenters. The molecule has 0 saturated carbocycles. The number of rotatable bonds is 4. The van der Waals surface area contributed by atoms with E-state index in [9.17, 15) is 14.7 Å². The predicted molar refractivity (Wildman–Crippen MR) is 80.5 cm³/mol. The molecule has 1 atom stereocenters. The summed E-state index contributed by atoms with van der Waals surface area (Å²) in [6, 6.07) is 1.63. The average Bonchev–Trinajstić information content (AvgIpc) is 2.77. The zero-order chi connectivity index (χ0) is 15.6. The summed E-state index contributed by atoms with van der Waals surface area (Å²) in [4.78, 5) is 25.9. The van der Waals surface area contributed by atoms with Crippen LogP contribution in [0.1, 0.15) is 43.1 Å². The second-order valence-electron chi connectivity index (χ2n) is 5.82. The van der Waals surface area contributed by atoms with Crippen molar-refractivity contribution in [3.63, 3.8) is 0 Å². The molecule has 2 heterocycles. The SMILES string of the molecule is CCCC1(C(=O)O)CCCN(C(=O)c2cc(Cl)cn2C)C1. The Hall–Kier alpha value is -1.49. The second kappa shape index (κ2) is 6.10. The van der Waals surface area contributed by atoms with Crippen molar-refractivity contribution >= 4 is 23.5 Å². The van der Waals surface area contributed by atoms with Crippen LogP contribution in [0.5, 0.6) is 0 Å². The van der Waals surface area contributed by atoms with Crippen LogP contribution in [0.4, 0.5) is 0 Å². The normalized spacial score (nSPS) is 22.3. The molecule has 1 aromatic heterocycles. The third kappa shape index (κ3) is 3.07. The minimum Gasteiger partial charge on any atom is -0.481 e. The summed E-state index contributed by atoms with van der Waals surface area (Å²) in [5.41, 5.74) is -0.310. The fourth-order valence-electron chi connectivity index (χ4n) is 3.17. The molecule has 0 aromatic carbocycles. The number of hydrogen-bond donors (Lipinski definition) is 1. The largest absolute Gasteiger partial charge is 0.481 e. The number of nitrogens with zero attached hydrogens (tertiary/aromatic N) is 2. The van der Waals surface area contributed by atoms with E-state index in [1.807, 2.05) is 6.92 Å². The summed E-state index contributed by atoms with van der Waals surface area (Å²) in [5, 5.41) is 10.1. The molecular formula is C15H21ClN2O3. The molecule has 0 radical (unpaired) electrons. The number of carboxylic acids is 1. The van der Waals surface area contributed by atoms with Crippen molar-refractivity contribution in [2.75, 3.05) is 13.1 Å². The van der Waals surface area contributed by atoms with Gasteiger partial charge in [-0.1, -0.05) is 24.9 Å². The maximum Gasteiger partial charge on any atom is 0.311 e. The van der Waals surface area contributed by atoms with Gasteiger partial charge in [-0.2, -0.15) is 0 Å². The molecule has 1 amide bonds. The molecule has 1 aliphatic rings. The fraction of sp³-hybridized carbons (Fsp3) is 0.600. The molecule has 1 N–H and O–H groups in total. The molecule has 1 saturated heterocycles. The van der Waals surface area contributed by atoms with Crippen molar-refractivity contribution in [1.82, 2.24) is 9.47 Å². The van der Waals surface area contributed by atoms with Gasteiger partial charge >= 0.3 is 5.97 Å². The molecule has 0 aliphatic carbocycles. The number of aromatic nitrogens is 1. The lowest BCUT2D eigenvalue weighted by Gasteiger charge is -2.39. The lowest BCUT2D eigenvalue weighted by Crippen LogP contribution is -2.50. The third-order valence-electron chi connectivity index (χ3n) is 4.24. The van der Waals surface area contributed by atoms with Crippen molar-refractivity contribution in [2.45, 2.75) is 32.6 Å². The van der Waals surface area contributed by atoms with Crippen LogP contribution >= 0.6 is 11.6 Å². The highest BCUT2D eigenvalue weighted by atomic mass is 35.5. The number of likely N-dealkylation sites (tertiary alicyclic amines) is 1. The molecule has 1 aromatic rings. The van der Waals surface area contributed by atoms with Gasteiger partial charge in [0.2, 0.25) is 0 Å². The number of carbonyl (C=O) groups excluding carboxylic acids is 1. The van der Waals surface area contributed by atoms with Crippen LogP contribution in [0.2, 0.25) is 5.02 Å². The maximum atomic E-state index is 12.6. The first-order valence-corrected chi connectivity index (χ1v) is 7.62. The Bertz CT molecular complexity index is 551. The van der Waals surface area contributed by atoms with Crippen LogP contribution in [0, 0.1) is 5.41 Å². The number of halogens is 1. The Morgan fingerprint density at radius 3 is 2.71 bits per heavy atom. The van der Waals surface area contributed by atoms with Crippen molar-refractivity contribution in [2.24, 2.45) is 12.5 Å². The summed E-state index contributed by atoms with van der Waals surface area (Å²) < 4.78 is 1.68. The quantitative estimate of drug-likeness (QED) is 0.930. The smallest absolute Gasteiger partial charge is 0.311 e. The van der Waals surface area contributed by atoms with Gasteiger partial charge in [0.15, 0.2) is 0 Å². The van der Waals surface area contributed by atoms with E-state index in [1.54, 1.807) is 28.8 Å². The predicted octanol–water partition coefficient (Wildman–Crippen LogP) is 2.79. The maximum absolute atomic E-state index is 12.6. The number of hydrogen-bond acceptors (Lipinski definition) is 2. The number of piperidine rings is 1. The first kappa shape index (κ1) is 15.9. The molecule has 2 rings (SSSR count). The van der Waals surface area contributed by atoms with Crippen molar-refractivity contribution in [3.05, 3.63) is 23.0 Å². The van der Waals surface area contributed by atoms with E-state index < -0.39 is 11.4 Å². The third-order valence-corrected chi connectivity index (χ3v) is 4.44. The number of carboxylic acid groups (broad SMARTS) is 1. The highest BCUT2D eigenvalue weighted by Crippen LogP contribution is 2.35. The molecule has 1 fully saturated rings. The minimum absolute atomic E-state index is 0.147. The Morgan fingerprint density at radius 2 is 2.19 bits per heavy atom. The van der Waals surface area contributed by atoms with Crippen LogP contribution in [-0.2, 0) is 11.8 Å². The van der Waals surface area contributed by atoms with Crippen molar-refractivity contribution < 1.29 is 14.7 Å². The van der Waals surface area contributed by atoms with Gasteiger partial charge in [0, 0.05) is 26.3 Å². The summed E-state index contributed by atoms with van der Waals surface area (Å²) in [5.74, 6) is -0.947. The van der Waals surface area contributed by atoms with Gasteiger partial charge in [0.25, 0.3) is 5.91 Å². The van der Waals surface area contributed by atoms with Crippen LogP contribution in [0.15, 0.2) is 12.3 Å². The van der Waals surface area contributed by atoms with Gasteiger partial charge in [0.05, 0.1) is 10.4 Å². The summed E-state index contributed by atoms with van der Waals surface area (Å²) in [6.07, 6.45) is 4.42. The summed E-state index contributed by atoms with van der Waals surface area (Å²) >= 11 is 5.92. The van der Waals surface area contributed by atoms with E-state index in [0.29, 0.717) is 30.1 Å². The molecule has 1 aliphatic heterocycles. The molecule has 0 bridgehead atoms. The van der Waals surface area contributed by atoms with Crippen LogP contribution in [0.25, 0.3) is 0 Å². The Morgan fingerprint density at radius 1 is 1.48 bits per heavy atom. The first-order chi connectivity index (χ1) is 9.89. The van der Waals surface area contributed by atoms with E-state index in [1.165, 1.54) is 0 Å². The van der Waals surface area contributed by atoms with Gasteiger partial charge in [-0.3, -0.25) is 9.59 Å². The van der Waals surface area contributed by atoms with Gasteiger partial charge in [-0.15, -0.1) is 0 Å². The van der Waals surface area contributed by atoms with Gasteiger partial charge in [-0.25, -0.2) is 0 Å². The lowest BCUT2D eigenvalue weighted by molar-refractivity contribution is -0.152. The van der Waals surface area contributed by atoms with E-state index in [-0.39, 0.29) is 12.5 Å². The fourth-order valence-corrected chi connectivity index (χ4v) is 3.42. The molecular weight excluding hydrogens is 292 g/mol. The Kier molecular flexibility index (Phi) is 4.61. The zero-order valence-corrected chi connectivity index (χ0v) is 13.2. The molecule has 116 valence electrons. The number of aliphatic carboxylic acids is 1. The number of amides is 1. The van der Waals surface area contributed by atoms with Gasteiger partial charge in [0.1, 0.15) is 5.69 Å². The van der Waals surface area contributed by atoms with Gasteiger partial charge < -0.3 is 14.6 Å². The van der Waals surface area contributed by atoms with E-state index in [0.717, 1.165) is 12.8 Å². The monoisotopic (exact) mass is 312 g/mol. The average molecular weight is 313 g/mol. The lowest BCUT2D eigenvalue weighted by atomic mass is 9.76. The highest BCUT2D eigenvalue weighted by Gasteiger charge is 2.43. The molecule has 21 heavy (non-hydrogen) atoms.